The third-order valence-electron chi connectivity index (χ3n) is 2.33. The number of hydrogen-bond donors (Lipinski definition) is 5. The number of rotatable bonds is 2. The Bertz CT molecular complexity index is 301. The normalized spacial score (nSPS) is 38.8. The summed E-state index contributed by atoms with van der Waals surface area (Å²) in [5.41, 5.74) is 0. The molecule has 0 spiro atoms. The van der Waals surface area contributed by atoms with E-state index in [2.05, 4.69) is 5.32 Å². The Balaban J connectivity index is 2.72. The molecule has 1 rings (SSSR count). The first-order valence-electron chi connectivity index (χ1n) is 4.59. The van der Waals surface area contributed by atoms with E-state index in [0.29, 0.717) is 0 Å². The smallest absolute Gasteiger partial charge is 0.296 e. The molecule has 0 aliphatic carbocycles. The highest BCUT2D eigenvalue weighted by molar-refractivity contribution is 5.93. The number of ether oxygens (including phenoxy) is 1. The van der Waals surface area contributed by atoms with Crippen molar-refractivity contribution in [1.82, 2.24) is 5.32 Å². The number of carbonyl (C=O) groups excluding carboxylic acids is 1. The van der Waals surface area contributed by atoms with Crippen molar-refractivity contribution >= 4 is 5.91 Å². The quantitative estimate of drug-likeness (QED) is 0.315. The second-order valence-corrected chi connectivity index (χ2v) is 3.37. The molecule has 1 aliphatic rings. The topological polar surface area (TPSA) is 119 Å². The molecular formula is C9H13NO6. The maximum absolute atomic E-state index is 10.9. The van der Waals surface area contributed by atoms with E-state index < -0.39 is 43.2 Å². The highest BCUT2D eigenvalue weighted by Crippen LogP contribution is 2.19. The van der Waals surface area contributed by atoms with Gasteiger partial charge < -0.3 is 30.5 Å². The molecule has 3 unspecified atom stereocenters. The van der Waals surface area contributed by atoms with Crippen molar-refractivity contribution in [3.8, 4) is 12.3 Å². The second-order valence-electron chi connectivity index (χ2n) is 3.37. The Hall–Kier alpha value is -1.17. The predicted octanol–water partition coefficient (Wildman–Crippen LogP) is -3.46. The summed E-state index contributed by atoms with van der Waals surface area (Å²) < 4.78 is 4.79. The van der Waals surface area contributed by atoms with Gasteiger partial charge in [0.15, 0.2) is 6.29 Å². The van der Waals surface area contributed by atoms with E-state index in [1.54, 1.807) is 5.92 Å². The average molecular weight is 231 g/mol. The van der Waals surface area contributed by atoms with Gasteiger partial charge in [0.05, 0.1) is 6.61 Å². The maximum atomic E-state index is 10.9. The lowest BCUT2D eigenvalue weighted by atomic mass is 9.97. The number of nitrogens with one attached hydrogen (secondary N) is 1. The summed E-state index contributed by atoms with van der Waals surface area (Å²) in [5.74, 6) is 0.889. The summed E-state index contributed by atoms with van der Waals surface area (Å²) in [6, 6.07) is -1.23. The number of aliphatic hydroxyl groups excluding tert-OH is 4. The fourth-order valence-electron chi connectivity index (χ4n) is 1.45. The van der Waals surface area contributed by atoms with Crippen molar-refractivity contribution in [3.05, 3.63) is 0 Å². The lowest BCUT2D eigenvalue weighted by Gasteiger charge is -2.39. The molecule has 1 aliphatic heterocycles. The summed E-state index contributed by atoms with van der Waals surface area (Å²) in [7, 11) is 0. The van der Waals surface area contributed by atoms with Crippen LogP contribution in [0.1, 0.15) is 0 Å². The van der Waals surface area contributed by atoms with Crippen LogP contribution in [-0.2, 0) is 9.53 Å². The molecule has 0 aromatic heterocycles. The van der Waals surface area contributed by atoms with Crippen LogP contribution < -0.4 is 5.32 Å². The number of aliphatic hydroxyl groups is 4. The van der Waals surface area contributed by atoms with Crippen LogP contribution >= 0.6 is 0 Å². The molecule has 16 heavy (non-hydrogen) atoms. The van der Waals surface area contributed by atoms with Gasteiger partial charge in [-0.3, -0.25) is 4.79 Å². The molecule has 1 saturated heterocycles. The Morgan fingerprint density at radius 3 is 2.50 bits per heavy atom. The standard InChI is InChI=1S/C9H13NO6/c1-2-5(12)10-6-8(14)7(13)4(3-11)16-9(6)15/h1,4,6-9,11,13-15H,3H2,(H,10,12)/t4?,6?,7-,8+,9?/m0/s1. The van der Waals surface area contributed by atoms with Gasteiger partial charge in [-0.05, 0) is 5.92 Å². The number of carbonyl (C=O) groups is 1. The molecule has 0 saturated carbocycles. The first kappa shape index (κ1) is 12.9. The van der Waals surface area contributed by atoms with E-state index in [1.807, 2.05) is 0 Å². The van der Waals surface area contributed by atoms with Crippen LogP contribution in [0, 0.1) is 12.3 Å². The van der Waals surface area contributed by atoms with Crippen LogP contribution in [-0.4, -0.2) is 63.6 Å². The summed E-state index contributed by atoms with van der Waals surface area (Å²) >= 11 is 0. The van der Waals surface area contributed by atoms with Gasteiger partial charge in [-0.2, -0.15) is 0 Å². The van der Waals surface area contributed by atoms with E-state index in [0.717, 1.165) is 0 Å². The summed E-state index contributed by atoms with van der Waals surface area (Å²) in [4.78, 5) is 10.9. The van der Waals surface area contributed by atoms with E-state index in [1.165, 1.54) is 0 Å². The fraction of sp³-hybridized carbons (Fsp3) is 0.667. The van der Waals surface area contributed by atoms with E-state index >= 15 is 0 Å². The van der Waals surface area contributed by atoms with Gasteiger partial charge in [0.25, 0.3) is 5.91 Å². The maximum Gasteiger partial charge on any atom is 0.296 e. The van der Waals surface area contributed by atoms with Gasteiger partial charge in [0.2, 0.25) is 0 Å². The largest absolute Gasteiger partial charge is 0.394 e. The fourth-order valence-corrected chi connectivity index (χ4v) is 1.45. The third kappa shape index (κ3) is 2.49. The number of hydrogen-bond acceptors (Lipinski definition) is 6. The zero-order valence-corrected chi connectivity index (χ0v) is 8.28. The van der Waals surface area contributed by atoms with Crippen LogP contribution in [0.25, 0.3) is 0 Å². The first-order chi connectivity index (χ1) is 7.51. The lowest BCUT2D eigenvalue weighted by Crippen LogP contribution is -2.64. The molecule has 0 aromatic carbocycles. The zero-order chi connectivity index (χ0) is 12.3. The molecule has 1 amide bonds. The highest BCUT2D eigenvalue weighted by Gasteiger charge is 2.44. The van der Waals surface area contributed by atoms with E-state index in [4.69, 9.17) is 16.3 Å². The predicted molar refractivity (Wildman–Crippen MR) is 50.7 cm³/mol. The summed E-state index contributed by atoms with van der Waals surface area (Å²) in [6.45, 7) is -0.564. The van der Waals surface area contributed by atoms with Gasteiger partial charge in [-0.1, -0.05) is 0 Å². The van der Waals surface area contributed by atoms with Crippen molar-refractivity contribution in [3.63, 3.8) is 0 Å². The Morgan fingerprint density at radius 1 is 1.38 bits per heavy atom. The molecule has 1 heterocycles. The van der Waals surface area contributed by atoms with Gasteiger partial charge >= 0.3 is 0 Å². The molecule has 7 nitrogen and oxygen atoms in total. The van der Waals surface area contributed by atoms with Crippen LogP contribution in [0.5, 0.6) is 0 Å². The van der Waals surface area contributed by atoms with Crippen molar-refractivity contribution in [1.29, 1.82) is 0 Å². The lowest BCUT2D eigenvalue weighted by molar-refractivity contribution is -0.253. The first-order valence-corrected chi connectivity index (χ1v) is 4.59. The second kappa shape index (κ2) is 5.25. The minimum Gasteiger partial charge on any atom is -0.394 e. The van der Waals surface area contributed by atoms with E-state index in [9.17, 15) is 20.1 Å². The number of terminal acetylenes is 1. The Labute approximate surface area is 91.7 Å². The van der Waals surface area contributed by atoms with Crippen molar-refractivity contribution < 1.29 is 30.0 Å². The van der Waals surface area contributed by atoms with Crippen LogP contribution in [0.2, 0.25) is 0 Å². The molecular weight excluding hydrogens is 218 g/mol. The van der Waals surface area contributed by atoms with Crippen molar-refractivity contribution in [2.75, 3.05) is 6.61 Å². The molecule has 90 valence electrons. The minimum atomic E-state index is -1.55. The molecule has 5 N–H and O–H groups in total. The monoisotopic (exact) mass is 231 g/mol. The molecule has 0 bridgehead atoms. The molecule has 0 aromatic rings. The summed E-state index contributed by atoms with van der Waals surface area (Å²) in [5, 5.41) is 39.3. The van der Waals surface area contributed by atoms with E-state index in [-0.39, 0.29) is 0 Å². The summed E-state index contributed by atoms with van der Waals surface area (Å²) in [6.07, 6.45) is -0.750. The van der Waals surface area contributed by atoms with Crippen LogP contribution in [0.3, 0.4) is 0 Å². The Kier molecular flexibility index (Phi) is 4.23. The van der Waals surface area contributed by atoms with Gasteiger partial charge in [-0.15, -0.1) is 6.42 Å². The Morgan fingerprint density at radius 2 is 2.00 bits per heavy atom. The molecule has 7 heteroatoms. The average Bonchev–Trinajstić information content (AvgIpc) is 2.28. The van der Waals surface area contributed by atoms with Crippen LogP contribution in [0.15, 0.2) is 0 Å². The van der Waals surface area contributed by atoms with Gasteiger partial charge in [0, 0.05) is 0 Å². The SMILES string of the molecule is C#CC(=O)NC1C(O)OC(CO)[C@H](O)[C@@H]1O. The molecule has 1 fully saturated rings. The highest BCUT2D eigenvalue weighted by atomic mass is 16.6. The number of amides is 1. The molecule has 5 atom stereocenters. The zero-order valence-electron chi connectivity index (χ0n) is 8.28. The minimum absolute atomic E-state index is 0.564. The van der Waals surface area contributed by atoms with Crippen molar-refractivity contribution in [2.45, 2.75) is 30.6 Å². The third-order valence-corrected chi connectivity index (χ3v) is 2.33. The van der Waals surface area contributed by atoms with Gasteiger partial charge in [-0.25, -0.2) is 0 Å². The van der Waals surface area contributed by atoms with Gasteiger partial charge in [0.1, 0.15) is 24.4 Å². The van der Waals surface area contributed by atoms with Crippen molar-refractivity contribution in [2.24, 2.45) is 0 Å². The molecule has 0 radical (unpaired) electrons. The van der Waals surface area contributed by atoms with Crippen LogP contribution in [0.4, 0.5) is 0 Å².